The maximum Gasteiger partial charge on any atom is 0.240 e. The fraction of sp³-hybridized carbons (Fsp3) is 0.458. The Labute approximate surface area is 180 Å². The Morgan fingerprint density at radius 2 is 1.67 bits per heavy atom. The standard InChI is InChI=1S/C24H32N2O3S/c1-17(2)13-19-5-8-22(9-6-19)30(28,29)25-16-20-7-10-23-21(15-20)11-12-26(23)24(27)14-18(3)4/h5-10,15,17-18,25H,11-14,16H2,1-4H3. The second-order valence-corrected chi connectivity index (χ2v) is 10.7. The van der Waals surface area contributed by atoms with Crippen molar-refractivity contribution in [1.82, 2.24) is 4.72 Å². The number of carbonyl (C=O) groups excluding carboxylic acids is 1. The number of carbonyl (C=O) groups is 1. The Morgan fingerprint density at radius 3 is 2.30 bits per heavy atom. The van der Waals surface area contributed by atoms with Crippen molar-refractivity contribution in [2.45, 2.75) is 58.4 Å². The minimum absolute atomic E-state index is 0.151. The van der Waals surface area contributed by atoms with E-state index in [1.165, 1.54) is 0 Å². The van der Waals surface area contributed by atoms with Crippen molar-refractivity contribution in [3.8, 4) is 0 Å². The molecule has 30 heavy (non-hydrogen) atoms. The average Bonchev–Trinajstić information content (AvgIpc) is 3.09. The molecule has 5 nitrogen and oxygen atoms in total. The van der Waals surface area contributed by atoms with Gasteiger partial charge in [-0.2, -0.15) is 0 Å². The molecule has 0 unspecified atom stereocenters. The molecule has 1 aliphatic heterocycles. The van der Waals surface area contributed by atoms with Crippen LogP contribution in [-0.2, 0) is 34.2 Å². The molecule has 0 saturated heterocycles. The van der Waals surface area contributed by atoms with Crippen LogP contribution >= 0.6 is 0 Å². The summed E-state index contributed by atoms with van der Waals surface area (Å²) in [4.78, 5) is 14.6. The molecule has 2 aromatic carbocycles. The van der Waals surface area contributed by atoms with E-state index in [-0.39, 0.29) is 17.3 Å². The SMILES string of the molecule is CC(C)CC(=O)N1CCc2cc(CNS(=O)(=O)c3ccc(CC(C)C)cc3)ccc21. The van der Waals surface area contributed by atoms with Crippen LogP contribution in [0.15, 0.2) is 47.4 Å². The van der Waals surface area contributed by atoms with E-state index in [0.29, 0.717) is 24.8 Å². The third-order valence-electron chi connectivity index (χ3n) is 5.27. The molecule has 1 heterocycles. The van der Waals surface area contributed by atoms with E-state index in [9.17, 15) is 13.2 Å². The van der Waals surface area contributed by atoms with Crippen LogP contribution in [-0.4, -0.2) is 20.9 Å². The summed E-state index contributed by atoms with van der Waals surface area (Å²) in [6.45, 7) is 9.29. The summed E-state index contributed by atoms with van der Waals surface area (Å²) >= 11 is 0. The van der Waals surface area contributed by atoms with Gasteiger partial charge in [0.2, 0.25) is 15.9 Å². The first-order valence-electron chi connectivity index (χ1n) is 10.7. The molecular weight excluding hydrogens is 396 g/mol. The number of rotatable bonds is 8. The van der Waals surface area contributed by atoms with Crippen LogP contribution in [0.25, 0.3) is 0 Å². The van der Waals surface area contributed by atoms with Gasteiger partial charge in [0.25, 0.3) is 0 Å². The summed E-state index contributed by atoms with van der Waals surface area (Å²) in [5.41, 5.74) is 4.08. The number of fused-ring (bicyclic) bond motifs is 1. The van der Waals surface area contributed by atoms with Gasteiger partial charge in [-0.1, -0.05) is 52.0 Å². The zero-order chi connectivity index (χ0) is 21.9. The normalized spacial score (nSPS) is 13.9. The van der Waals surface area contributed by atoms with Crippen molar-refractivity contribution in [1.29, 1.82) is 0 Å². The third-order valence-corrected chi connectivity index (χ3v) is 6.68. The third kappa shape index (κ3) is 5.49. The van der Waals surface area contributed by atoms with Crippen LogP contribution in [0, 0.1) is 11.8 Å². The van der Waals surface area contributed by atoms with Crippen LogP contribution in [0.2, 0.25) is 0 Å². The largest absolute Gasteiger partial charge is 0.312 e. The second kappa shape index (κ2) is 9.31. The lowest BCUT2D eigenvalue weighted by Gasteiger charge is -2.18. The highest BCUT2D eigenvalue weighted by molar-refractivity contribution is 7.89. The number of hydrogen-bond donors (Lipinski definition) is 1. The Hall–Kier alpha value is -2.18. The van der Waals surface area contributed by atoms with E-state index in [1.807, 2.05) is 49.1 Å². The number of benzene rings is 2. The second-order valence-electron chi connectivity index (χ2n) is 8.92. The highest BCUT2D eigenvalue weighted by atomic mass is 32.2. The minimum Gasteiger partial charge on any atom is -0.312 e. The predicted octanol–water partition coefficient (Wildman–Crippen LogP) is 4.30. The van der Waals surface area contributed by atoms with E-state index < -0.39 is 10.0 Å². The maximum atomic E-state index is 12.7. The Balaban J connectivity index is 1.65. The Bertz CT molecular complexity index is 996. The first-order valence-corrected chi connectivity index (χ1v) is 12.1. The average molecular weight is 429 g/mol. The van der Waals surface area contributed by atoms with Gasteiger partial charge in [0, 0.05) is 25.2 Å². The molecule has 0 spiro atoms. The summed E-state index contributed by atoms with van der Waals surface area (Å²) in [7, 11) is -3.57. The number of amides is 1. The highest BCUT2D eigenvalue weighted by Gasteiger charge is 2.25. The lowest BCUT2D eigenvalue weighted by molar-refractivity contribution is -0.119. The smallest absolute Gasteiger partial charge is 0.240 e. The fourth-order valence-corrected chi connectivity index (χ4v) is 4.84. The quantitative estimate of drug-likeness (QED) is 0.682. The van der Waals surface area contributed by atoms with E-state index in [2.05, 4.69) is 18.6 Å². The van der Waals surface area contributed by atoms with E-state index in [0.717, 1.165) is 35.2 Å². The van der Waals surface area contributed by atoms with Crippen molar-refractivity contribution in [3.05, 3.63) is 59.2 Å². The van der Waals surface area contributed by atoms with Crippen molar-refractivity contribution in [2.24, 2.45) is 11.8 Å². The highest BCUT2D eigenvalue weighted by Crippen LogP contribution is 2.30. The number of anilines is 1. The van der Waals surface area contributed by atoms with E-state index >= 15 is 0 Å². The lowest BCUT2D eigenvalue weighted by atomic mass is 10.0. The van der Waals surface area contributed by atoms with Gasteiger partial charge in [-0.25, -0.2) is 13.1 Å². The molecule has 3 rings (SSSR count). The number of nitrogens with one attached hydrogen (secondary N) is 1. The number of hydrogen-bond acceptors (Lipinski definition) is 3. The van der Waals surface area contributed by atoms with E-state index in [1.54, 1.807) is 12.1 Å². The van der Waals surface area contributed by atoms with Crippen LogP contribution in [0.3, 0.4) is 0 Å². The molecule has 6 heteroatoms. The molecular formula is C24H32N2O3S. The molecule has 1 N–H and O–H groups in total. The van der Waals surface area contributed by atoms with Crippen molar-refractivity contribution in [2.75, 3.05) is 11.4 Å². The Kier molecular flexibility index (Phi) is 6.98. The zero-order valence-corrected chi connectivity index (χ0v) is 19.1. The lowest BCUT2D eigenvalue weighted by Crippen LogP contribution is -2.29. The molecule has 0 aliphatic carbocycles. The van der Waals surface area contributed by atoms with Gasteiger partial charge in [0.15, 0.2) is 0 Å². The maximum absolute atomic E-state index is 12.7. The molecule has 0 saturated carbocycles. The fourth-order valence-electron chi connectivity index (χ4n) is 3.82. The van der Waals surface area contributed by atoms with Crippen molar-refractivity contribution < 1.29 is 13.2 Å². The van der Waals surface area contributed by atoms with Crippen LogP contribution in [0.5, 0.6) is 0 Å². The molecule has 0 radical (unpaired) electrons. The van der Waals surface area contributed by atoms with Crippen molar-refractivity contribution in [3.63, 3.8) is 0 Å². The van der Waals surface area contributed by atoms with Gasteiger partial charge in [0.1, 0.15) is 0 Å². The summed E-state index contributed by atoms with van der Waals surface area (Å²) in [5, 5.41) is 0. The molecule has 0 aromatic heterocycles. The number of sulfonamides is 1. The molecule has 162 valence electrons. The van der Waals surface area contributed by atoms with Crippen LogP contribution < -0.4 is 9.62 Å². The first kappa shape index (κ1) is 22.5. The minimum atomic E-state index is -3.57. The van der Waals surface area contributed by atoms with Gasteiger partial charge < -0.3 is 4.90 Å². The van der Waals surface area contributed by atoms with Gasteiger partial charge >= 0.3 is 0 Å². The predicted molar refractivity (Wildman–Crippen MR) is 121 cm³/mol. The van der Waals surface area contributed by atoms with Crippen LogP contribution in [0.4, 0.5) is 5.69 Å². The summed E-state index contributed by atoms with van der Waals surface area (Å²) < 4.78 is 28.0. The van der Waals surface area contributed by atoms with Gasteiger partial charge in [-0.15, -0.1) is 0 Å². The molecule has 1 aliphatic rings. The summed E-state index contributed by atoms with van der Waals surface area (Å²) in [5.74, 6) is 1.01. The molecule has 0 bridgehead atoms. The summed E-state index contributed by atoms with van der Waals surface area (Å²) in [6, 6.07) is 12.9. The number of nitrogens with zero attached hydrogens (tertiary/aromatic N) is 1. The first-order chi connectivity index (χ1) is 14.2. The molecule has 1 amide bonds. The molecule has 2 aromatic rings. The summed E-state index contributed by atoms with van der Waals surface area (Å²) in [6.07, 6.45) is 2.27. The Morgan fingerprint density at radius 1 is 1.00 bits per heavy atom. The topological polar surface area (TPSA) is 66.5 Å². The monoisotopic (exact) mass is 428 g/mol. The van der Waals surface area contributed by atoms with E-state index in [4.69, 9.17) is 0 Å². The molecule has 0 atom stereocenters. The van der Waals surface area contributed by atoms with Gasteiger partial charge in [-0.05, 0) is 59.6 Å². The van der Waals surface area contributed by atoms with Gasteiger partial charge in [-0.3, -0.25) is 4.79 Å². The molecule has 0 fully saturated rings. The van der Waals surface area contributed by atoms with Crippen LogP contribution in [0.1, 0.15) is 50.8 Å². The van der Waals surface area contributed by atoms with Gasteiger partial charge in [0.05, 0.1) is 4.90 Å². The van der Waals surface area contributed by atoms with Crippen molar-refractivity contribution >= 4 is 21.6 Å². The zero-order valence-electron chi connectivity index (χ0n) is 18.3.